The highest BCUT2D eigenvalue weighted by molar-refractivity contribution is 5.97. The van der Waals surface area contributed by atoms with Gasteiger partial charge in [0.1, 0.15) is 0 Å². The predicted octanol–water partition coefficient (Wildman–Crippen LogP) is 2.23. The largest absolute Gasteiger partial charge is 0.478 e. The Morgan fingerprint density at radius 3 is 2.74 bits per heavy atom. The Labute approximate surface area is 109 Å². The Kier molecular flexibility index (Phi) is 3.56. The minimum Gasteiger partial charge on any atom is -0.478 e. The molecular formula is C14H11NO4. The third-order valence-electron chi connectivity index (χ3n) is 2.65. The van der Waals surface area contributed by atoms with Crippen molar-refractivity contribution in [2.75, 3.05) is 7.11 Å². The first-order chi connectivity index (χ1) is 9.13. The molecule has 2 aromatic rings. The topological polar surface area (TPSA) is 76.5 Å². The van der Waals surface area contributed by atoms with Gasteiger partial charge in [-0.3, -0.25) is 4.98 Å². The van der Waals surface area contributed by atoms with E-state index in [9.17, 15) is 9.59 Å². The molecule has 0 saturated carbocycles. The summed E-state index contributed by atoms with van der Waals surface area (Å²) in [4.78, 5) is 26.5. The highest BCUT2D eigenvalue weighted by atomic mass is 16.5. The number of aromatic carboxylic acids is 1. The smallest absolute Gasteiger partial charge is 0.337 e. The lowest BCUT2D eigenvalue weighted by atomic mass is 10.0. The van der Waals surface area contributed by atoms with E-state index in [1.165, 1.54) is 25.6 Å². The molecule has 0 aliphatic heterocycles. The Hall–Kier alpha value is -2.69. The zero-order chi connectivity index (χ0) is 13.8. The van der Waals surface area contributed by atoms with Crippen molar-refractivity contribution in [3.05, 3.63) is 53.9 Å². The van der Waals surface area contributed by atoms with Crippen LogP contribution in [0.25, 0.3) is 11.1 Å². The monoisotopic (exact) mass is 257 g/mol. The third-order valence-corrected chi connectivity index (χ3v) is 2.65. The molecule has 19 heavy (non-hydrogen) atoms. The maximum absolute atomic E-state index is 11.5. The van der Waals surface area contributed by atoms with Crippen molar-refractivity contribution in [2.24, 2.45) is 0 Å². The van der Waals surface area contributed by atoms with Gasteiger partial charge in [-0.2, -0.15) is 0 Å². The number of hydrogen-bond donors (Lipinski definition) is 1. The molecule has 5 heteroatoms. The van der Waals surface area contributed by atoms with Gasteiger partial charge in [0, 0.05) is 18.0 Å². The molecule has 1 heterocycles. The number of rotatable bonds is 3. The molecule has 2 rings (SSSR count). The minimum absolute atomic E-state index is 0.136. The number of pyridine rings is 1. The fourth-order valence-electron chi connectivity index (χ4n) is 1.74. The van der Waals surface area contributed by atoms with Gasteiger partial charge in [0.15, 0.2) is 0 Å². The number of nitrogens with zero attached hydrogens (tertiary/aromatic N) is 1. The van der Waals surface area contributed by atoms with E-state index >= 15 is 0 Å². The van der Waals surface area contributed by atoms with Gasteiger partial charge < -0.3 is 9.84 Å². The summed E-state index contributed by atoms with van der Waals surface area (Å²) >= 11 is 0. The summed E-state index contributed by atoms with van der Waals surface area (Å²) < 4.78 is 4.63. The lowest BCUT2D eigenvalue weighted by Gasteiger charge is -2.07. The lowest BCUT2D eigenvalue weighted by molar-refractivity contribution is 0.0600. The predicted molar refractivity (Wildman–Crippen MR) is 68.0 cm³/mol. The van der Waals surface area contributed by atoms with Crippen LogP contribution in [0.1, 0.15) is 20.7 Å². The molecule has 0 unspecified atom stereocenters. The van der Waals surface area contributed by atoms with E-state index in [0.29, 0.717) is 16.7 Å². The van der Waals surface area contributed by atoms with Crippen molar-refractivity contribution < 1.29 is 19.4 Å². The highest BCUT2D eigenvalue weighted by Gasteiger charge is 2.13. The second-order valence-electron chi connectivity index (χ2n) is 3.80. The van der Waals surface area contributed by atoms with Crippen LogP contribution in [0.3, 0.4) is 0 Å². The summed E-state index contributed by atoms with van der Waals surface area (Å²) in [7, 11) is 1.29. The molecule has 0 bridgehead atoms. The number of hydrogen-bond acceptors (Lipinski definition) is 4. The van der Waals surface area contributed by atoms with Crippen LogP contribution < -0.4 is 0 Å². The van der Waals surface area contributed by atoms with Crippen molar-refractivity contribution in [1.29, 1.82) is 0 Å². The normalized spacial score (nSPS) is 9.95. The second-order valence-corrected chi connectivity index (χ2v) is 3.80. The number of esters is 1. The molecule has 0 atom stereocenters. The van der Waals surface area contributed by atoms with Crippen molar-refractivity contribution in [3.63, 3.8) is 0 Å². The van der Waals surface area contributed by atoms with E-state index in [0.717, 1.165) is 0 Å². The van der Waals surface area contributed by atoms with Gasteiger partial charge in [-0.15, -0.1) is 0 Å². The van der Waals surface area contributed by atoms with Crippen molar-refractivity contribution in [2.45, 2.75) is 0 Å². The number of aromatic nitrogens is 1. The molecular weight excluding hydrogens is 246 g/mol. The van der Waals surface area contributed by atoms with Crippen LogP contribution in [-0.2, 0) is 4.74 Å². The first kappa shape index (κ1) is 12.8. The minimum atomic E-state index is -1.04. The van der Waals surface area contributed by atoms with Gasteiger partial charge in [-0.1, -0.05) is 12.1 Å². The Morgan fingerprint density at radius 2 is 2.05 bits per heavy atom. The molecule has 1 aromatic carbocycles. The molecule has 5 nitrogen and oxygen atoms in total. The molecule has 0 fully saturated rings. The van der Waals surface area contributed by atoms with Crippen LogP contribution in [0.5, 0.6) is 0 Å². The summed E-state index contributed by atoms with van der Waals surface area (Å²) in [6, 6.07) is 7.99. The number of benzene rings is 1. The maximum Gasteiger partial charge on any atom is 0.337 e. The molecule has 0 saturated heterocycles. The van der Waals surface area contributed by atoms with Crippen LogP contribution in [0, 0.1) is 0 Å². The average Bonchev–Trinajstić information content (AvgIpc) is 2.46. The molecule has 0 spiro atoms. The highest BCUT2D eigenvalue weighted by Crippen LogP contribution is 2.24. The Morgan fingerprint density at radius 1 is 1.26 bits per heavy atom. The van der Waals surface area contributed by atoms with Crippen molar-refractivity contribution >= 4 is 11.9 Å². The van der Waals surface area contributed by atoms with Crippen LogP contribution in [0.4, 0.5) is 0 Å². The molecule has 0 aliphatic carbocycles. The number of carboxylic acid groups (broad SMARTS) is 1. The van der Waals surface area contributed by atoms with Crippen LogP contribution in [0.15, 0.2) is 42.7 Å². The third kappa shape index (κ3) is 2.60. The van der Waals surface area contributed by atoms with E-state index in [2.05, 4.69) is 9.72 Å². The Bertz CT molecular complexity index is 637. The quantitative estimate of drug-likeness (QED) is 0.853. The van der Waals surface area contributed by atoms with E-state index in [-0.39, 0.29) is 5.56 Å². The summed E-state index contributed by atoms with van der Waals surface area (Å²) in [5, 5.41) is 9.13. The molecule has 0 aliphatic rings. The molecule has 0 radical (unpaired) electrons. The Balaban J connectivity index is 2.54. The van der Waals surface area contributed by atoms with Gasteiger partial charge in [-0.05, 0) is 23.8 Å². The lowest BCUT2D eigenvalue weighted by Crippen LogP contribution is -2.03. The zero-order valence-corrected chi connectivity index (χ0v) is 10.2. The van der Waals surface area contributed by atoms with Crippen LogP contribution in [-0.4, -0.2) is 29.1 Å². The first-order valence-corrected chi connectivity index (χ1v) is 5.49. The first-order valence-electron chi connectivity index (χ1n) is 5.49. The standard InChI is InChI=1S/C14H11NO4/c1-19-14(18)10-4-2-3-9(7-10)12-8-15-6-5-11(12)13(16)17/h2-8H,1H3,(H,16,17). The fraction of sp³-hybridized carbons (Fsp3) is 0.0714. The maximum atomic E-state index is 11.5. The number of ether oxygens (including phenoxy) is 1. The summed E-state index contributed by atoms with van der Waals surface area (Å²) in [6.45, 7) is 0. The van der Waals surface area contributed by atoms with E-state index in [1.54, 1.807) is 24.3 Å². The van der Waals surface area contributed by atoms with Gasteiger partial charge in [0.05, 0.1) is 18.2 Å². The number of methoxy groups -OCH3 is 1. The van der Waals surface area contributed by atoms with Crippen LogP contribution in [0.2, 0.25) is 0 Å². The van der Waals surface area contributed by atoms with Crippen molar-refractivity contribution in [1.82, 2.24) is 4.98 Å². The van der Waals surface area contributed by atoms with E-state index in [4.69, 9.17) is 5.11 Å². The van der Waals surface area contributed by atoms with Gasteiger partial charge in [0.25, 0.3) is 0 Å². The van der Waals surface area contributed by atoms with E-state index in [1.807, 2.05) is 0 Å². The van der Waals surface area contributed by atoms with Crippen molar-refractivity contribution in [3.8, 4) is 11.1 Å². The van der Waals surface area contributed by atoms with Gasteiger partial charge in [0.2, 0.25) is 0 Å². The summed E-state index contributed by atoms with van der Waals surface area (Å²) in [6.07, 6.45) is 2.87. The number of carboxylic acids is 1. The molecule has 96 valence electrons. The van der Waals surface area contributed by atoms with Gasteiger partial charge in [-0.25, -0.2) is 9.59 Å². The zero-order valence-electron chi connectivity index (χ0n) is 10.2. The summed E-state index contributed by atoms with van der Waals surface area (Å²) in [5.41, 5.74) is 1.56. The molecule has 0 amide bonds. The van der Waals surface area contributed by atoms with Gasteiger partial charge >= 0.3 is 11.9 Å². The number of carbonyl (C=O) groups excluding carboxylic acids is 1. The molecule has 1 N–H and O–H groups in total. The number of carbonyl (C=O) groups is 2. The molecule has 1 aromatic heterocycles. The SMILES string of the molecule is COC(=O)c1cccc(-c2cnccc2C(=O)O)c1. The fourth-order valence-corrected chi connectivity index (χ4v) is 1.74. The van der Waals surface area contributed by atoms with E-state index < -0.39 is 11.9 Å². The summed E-state index contributed by atoms with van der Waals surface area (Å²) in [5.74, 6) is -1.51. The van der Waals surface area contributed by atoms with Crippen LogP contribution >= 0.6 is 0 Å². The second kappa shape index (κ2) is 5.30. The average molecular weight is 257 g/mol.